The molecule has 0 bridgehead atoms. The van der Waals surface area contributed by atoms with E-state index in [0.29, 0.717) is 47.0 Å². The van der Waals surface area contributed by atoms with Gasteiger partial charge in [0, 0.05) is 25.4 Å². The van der Waals surface area contributed by atoms with Crippen molar-refractivity contribution < 1.29 is 9.18 Å². The minimum absolute atomic E-state index is 0.108. The average molecular weight is 466 g/mol. The molecular formula is C24H21ClFN5O2. The van der Waals surface area contributed by atoms with Crippen LogP contribution in [0.25, 0.3) is 16.8 Å². The van der Waals surface area contributed by atoms with Crippen LogP contribution in [0, 0.1) is 29.0 Å². The molecule has 0 spiro atoms. The van der Waals surface area contributed by atoms with Crippen molar-refractivity contribution in [3.05, 3.63) is 69.1 Å². The Labute approximate surface area is 194 Å². The van der Waals surface area contributed by atoms with Gasteiger partial charge < -0.3 is 4.90 Å². The summed E-state index contributed by atoms with van der Waals surface area (Å²) in [6, 6.07) is 11.5. The van der Waals surface area contributed by atoms with Gasteiger partial charge in [-0.25, -0.2) is 18.9 Å². The van der Waals surface area contributed by atoms with Crippen LogP contribution in [-0.4, -0.2) is 38.7 Å². The summed E-state index contributed by atoms with van der Waals surface area (Å²) in [7, 11) is 0. The lowest BCUT2D eigenvalue weighted by molar-refractivity contribution is -0.131. The summed E-state index contributed by atoms with van der Waals surface area (Å²) < 4.78 is 16.4. The largest absolute Gasteiger partial charge is 0.348 e. The Hall–Kier alpha value is -3.44. The van der Waals surface area contributed by atoms with Gasteiger partial charge in [-0.3, -0.25) is 4.79 Å². The minimum Gasteiger partial charge on any atom is -0.342 e. The van der Waals surface area contributed by atoms with Gasteiger partial charge in [0.25, 0.3) is 0 Å². The normalized spacial score (nSPS) is 17.8. The molecule has 1 saturated heterocycles. The number of hydrogen-bond donors (Lipinski definition) is 1. The van der Waals surface area contributed by atoms with Crippen LogP contribution in [0.5, 0.6) is 0 Å². The maximum atomic E-state index is 15.1. The fraction of sp³-hybridized carbons (Fsp3) is 0.333. The van der Waals surface area contributed by atoms with Crippen molar-refractivity contribution >= 4 is 17.5 Å². The number of nitrogens with one attached hydrogen (secondary N) is 1. The highest BCUT2D eigenvalue weighted by Crippen LogP contribution is 2.33. The highest BCUT2D eigenvalue weighted by molar-refractivity contribution is 6.32. The number of hydrogen-bond acceptors (Lipinski definition) is 4. The number of aromatic amines is 1. The third-order valence-corrected chi connectivity index (χ3v) is 6.66. The number of nitrogens with zero attached hydrogens (tertiary/aromatic N) is 4. The first-order chi connectivity index (χ1) is 15.9. The number of aromatic nitrogens is 3. The number of halogens is 2. The molecule has 1 aliphatic heterocycles. The third kappa shape index (κ3) is 4.16. The fourth-order valence-corrected chi connectivity index (χ4v) is 4.64. The molecule has 9 heteroatoms. The zero-order valence-electron chi connectivity index (χ0n) is 17.7. The molecule has 0 radical (unpaired) electrons. The maximum absolute atomic E-state index is 15.1. The van der Waals surface area contributed by atoms with Crippen molar-refractivity contribution in [1.29, 1.82) is 5.26 Å². The Bertz CT molecular complexity index is 1340. The summed E-state index contributed by atoms with van der Waals surface area (Å²) in [5.41, 5.74) is 1.18. The third-order valence-electron chi connectivity index (χ3n) is 6.35. The van der Waals surface area contributed by atoms with Gasteiger partial charge >= 0.3 is 5.69 Å². The molecule has 1 atom stereocenters. The van der Waals surface area contributed by atoms with Crippen molar-refractivity contribution in [3.63, 3.8) is 0 Å². The molecule has 33 heavy (non-hydrogen) atoms. The van der Waals surface area contributed by atoms with Gasteiger partial charge in [-0.15, -0.1) is 0 Å². The van der Waals surface area contributed by atoms with Gasteiger partial charge in [-0.2, -0.15) is 10.4 Å². The Morgan fingerprint density at radius 1 is 1.21 bits per heavy atom. The summed E-state index contributed by atoms with van der Waals surface area (Å²) in [5, 5.41) is 15.9. The smallest absolute Gasteiger partial charge is 0.342 e. The lowest BCUT2D eigenvalue weighted by Gasteiger charge is -2.16. The lowest BCUT2D eigenvalue weighted by atomic mass is 10.0. The molecule has 1 aliphatic carbocycles. The number of likely N-dealkylation sites (tertiary alicyclic amines) is 1. The van der Waals surface area contributed by atoms with E-state index in [2.05, 4.69) is 10.2 Å². The van der Waals surface area contributed by atoms with E-state index in [9.17, 15) is 9.59 Å². The SMILES string of the molecule is N#Cc1ccc(-c2ccc(-n3c(C[C@@H]4CCN(C(=O)C5CC5)C4)n[nH]c3=O)c(F)c2)cc1Cl. The van der Waals surface area contributed by atoms with Gasteiger partial charge in [-0.05, 0) is 60.6 Å². The molecule has 1 amide bonds. The second-order valence-corrected chi connectivity index (χ2v) is 9.08. The summed E-state index contributed by atoms with van der Waals surface area (Å²) in [5.74, 6) is 0.450. The van der Waals surface area contributed by atoms with Crippen molar-refractivity contribution in [2.45, 2.75) is 25.7 Å². The average Bonchev–Trinajstić information content (AvgIpc) is 3.46. The standard InChI is InChI=1S/C24H21ClFN5O2/c25-19-10-16(3-4-18(19)12-27)17-5-6-21(20(26)11-17)31-22(28-29-24(31)33)9-14-7-8-30(13-14)23(32)15-1-2-15/h3-6,10-11,14-15H,1-2,7-9,13H2,(H,29,33)/t14-/m0/s1. The first kappa shape index (κ1) is 21.4. The predicted octanol–water partition coefficient (Wildman–Crippen LogP) is 3.69. The number of carbonyl (C=O) groups is 1. The van der Waals surface area contributed by atoms with Crippen LogP contribution in [0.1, 0.15) is 30.7 Å². The van der Waals surface area contributed by atoms with Crippen LogP contribution in [0.4, 0.5) is 4.39 Å². The van der Waals surface area contributed by atoms with Gasteiger partial charge in [-0.1, -0.05) is 23.7 Å². The zero-order chi connectivity index (χ0) is 23.1. The minimum atomic E-state index is -0.574. The van der Waals surface area contributed by atoms with Crippen molar-refractivity contribution in [3.8, 4) is 22.9 Å². The number of carbonyl (C=O) groups excluding carboxylic acids is 1. The molecule has 7 nitrogen and oxygen atoms in total. The second-order valence-electron chi connectivity index (χ2n) is 8.67. The van der Waals surface area contributed by atoms with Crippen molar-refractivity contribution in [2.24, 2.45) is 11.8 Å². The van der Waals surface area contributed by atoms with E-state index in [-0.39, 0.29) is 23.4 Å². The molecule has 2 fully saturated rings. The number of rotatable bonds is 5. The van der Waals surface area contributed by atoms with Gasteiger partial charge in [0.2, 0.25) is 5.91 Å². The van der Waals surface area contributed by atoms with E-state index in [1.807, 2.05) is 11.0 Å². The van der Waals surface area contributed by atoms with Crippen LogP contribution < -0.4 is 5.69 Å². The van der Waals surface area contributed by atoms with E-state index in [1.165, 1.54) is 16.7 Å². The van der Waals surface area contributed by atoms with Crippen LogP contribution in [0.3, 0.4) is 0 Å². The molecular weight excluding hydrogens is 445 g/mol. The van der Waals surface area contributed by atoms with Crippen molar-refractivity contribution in [2.75, 3.05) is 13.1 Å². The number of H-pyrrole nitrogens is 1. The number of benzene rings is 2. The molecule has 0 unspecified atom stereocenters. The highest BCUT2D eigenvalue weighted by Gasteiger charge is 2.37. The summed E-state index contributed by atoms with van der Waals surface area (Å²) in [6.45, 7) is 1.35. The first-order valence-corrected chi connectivity index (χ1v) is 11.3. The molecule has 2 aliphatic rings. The van der Waals surface area contributed by atoms with E-state index in [0.717, 1.165) is 19.3 Å². The topological polar surface area (TPSA) is 94.8 Å². The molecule has 1 N–H and O–H groups in total. The summed E-state index contributed by atoms with van der Waals surface area (Å²) >= 11 is 6.11. The van der Waals surface area contributed by atoms with E-state index < -0.39 is 11.5 Å². The highest BCUT2D eigenvalue weighted by atomic mass is 35.5. The van der Waals surface area contributed by atoms with Gasteiger partial charge in [0.05, 0.1) is 16.3 Å². The van der Waals surface area contributed by atoms with Crippen LogP contribution >= 0.6 is 11.6 Å². The molecule has 1 aromatic heterocycles. The molecule has 168 valence electrons. The van der Waals surface area contributed by atoms with E-state index >= 15 is 4.39 Å². The van der Waals surface area contributed by atoms with Crippen LogP contribution in [-0.2, 0) is 11.2 Å². The Morgan fingerprint density at radius 2 is 1.97 bits per heavy atom. The monoisotopic (exact) mass is 465 g/mol. The Balaban J connectivity index is 1.38. The molecule has 2 aromatic carbocycles. The lowest BCUT2D eigenvalue weighted by Crippen LogP contribution is -2.30. The van der Waals surface area contributed by atoms with E-state index in [1.54, 1.807) is 24.3 Å². The van der Waals surface area contributed by atoms with Crippen LogP contribution in [0.15, 0.2) is 41.2 Å². The molecule has 2 heterocycles. The Morgan fingerprint density at radius 3 is 2.67 bits per heavy atom. The molecule has 5 rings (SSSR count). The van der Waals surface area contributed by atoms with Crippen LogP contribution in [0.2, 0.25) is 5.02 Å². The van der Waals surface area contributed by atoms with Crippen molar-refractivity contribution in [1.82, 2.24) is 19.7 Å². The molecule has 3 aromatic rings. The zero-order valence-corrected chi connectivity index (χ0v) is 18.5. The fourth-order valence-electron chi connectivity index (χ4n) is 4.41. The maximum Gasteiger partial charge on any atom is 0.348 e. The predicted molar refractivity (Wildman–Crippen MR) is 120 cm³/mol. The van der Waals surface area contributed by atoms with Gasteiger partial charge in [0.1, 0.15) is 17.7 Å². The molecule has 1 saturated carbocycles. The summed E-state index contributed by atoms with van der Waals surface area (Å²) in [4.78, 5) is 26.7. The summed E-state index contributed by atoms with van der Waals surface area (Å²) in [6.07, 6.45) is 3.26. The van der Waals surface area contributed by atoms with E-state index in [4.69, 9.17) is 16.9 Å². The second kappa shape index (κ2) is 8.49. The number of amides is 1. The first-order valence-electron chi connectivity index (χ1n) is 10.9. The number of nitriles is 1. The van der Waals surface area contributed by atoms with Gasteiger partial charge in [0.15, 0.2) is 0 Å². The Kier molecular flexibility index (Phi) is 5.51. The quantitative estimate of drug-likeness (QED) is 0.621.